The Labute approximate surface area is 133 Å². The molecule has 0 N–H and O–H groups in total. The van der Waals surface area contributed by atoms with Crippen molar-refractivity contribution >= 4 is 11.5 Å². The van der Waals surface area contributed by atoms with Crippen LogP contribution in [0.25, 0.3) is 0 Å². The minimum atomic E-state index is -0.288. The summed E-state index contributed by atoms with van der Waals surface area (Å²) in [5, 5.41) is 0. The van der Waals surface area contributed by atoms with E-state index in [1.807, 2.05) is 38.4 Å². The van der Waals surface area contributed by atoms with Gasteiger partial charge in [0.1, 0.15) is 0 Å². The molecule has 1 saturated heterocycles. The SMILES string of the molecule is CN(C)c1ccc(C(=O)C2(N3CCOCC3)CCCC2)cc1. The van der Waals surface area contributed by atoms with E-state index in [4.69, 9.17) is 4.74 Å². The largest absolute Gasteiger partial charge is 0.379 e. The number of carbonyl (C=O) groups excluding carboxylic acids is 1. The van der Waals surface area contributed by atoms with Gasteiger partial charge < -0.3 is 9.64 Å². The summed E-state index contributed by atoms with van der Waals surface area (Å²) in [6.07, 6.45) is 4.28. The molecular weight excluding hydrogens is 276 g/mol. The van der Waals surface area contributed by atoms with Gasteiger partial charge in [-0.1, -0.05) is 12.8 Å². The first-order chi connectivity index (χ1) is 10.6. The van der Waals surface area contributed by atoms with Crippen LogP contribution in [0, 0.1) is 0 Å². The minimum Gasteiger partial charge on any atom is -0.379 e. The molecule has 1 heterocycles. The van der Waals surface area contributed by atoms with Crippen LogP contribution in [0.5, 0.6) is 0 Å². The second-order valence-electron chi connectivity index (χ2n) is 6.61. The lowest BCUT2D eigenvalue weighted by atomic mass is 9.85. The van der Waals surface area contributed by atoms with Crippen LogP contribution in [0.3, 0.4) is 0 Å². The van der Waals surface area contributed by atoms with Crippen molar-refractivity contribution in [1.29, 1.82) is 0 Å². The number of benzene rings is 1. The normalized spacial score (nSPS) is 21.7. The van der Waals surface area contributed by atoms with Crippen molar-refractivity contribution in [3.63, 3.8) is 0 Å². The van der Waals surface area contributed by atoms with Crippen LogP contribution in [0.4, 0.5) is 5.69 Å². The third-order valence-corrected chi connectivity index (χ3v) is 5.12. The van der Waals surface area contributed by atoms with Gasteiger partial charge in [-0.3, -0.25) is 9.69 Å². The van der Waals surface area contributed by atoms with Crippen molar-refractivity contribution in [2.24, 2.45) is 0 Å². The van der Waals surface area contributed by atoms with E-state index in [-0.39, 0.29) is 5.54 Å². The van der Waals surface area contributed by atoms with Gasteiger partial charge in [-0.05, 0) is 37.1 Å². The Morgan fingerprint density at radius 3 is 2.23 bits per heavy atom. The van der Waals surface area contributed by atoms with Crippen LogP contribution >= 0.6 is 0 Å². The number of rotatable bonds is 4. The average molecular weight is 302 g/mol. The molecule has 1 aliphatic carbocycles. The number of Topliss-reactive ketones (excluding diaryl/α,β-unsaturated/α-hetero) is 1. The number of hydrogen-bond acceptors (Lipinski definition) is 4. The van der Waals surface area contributed by atoms with Crippen LogP contribution < -0.4 is 4.90 Å². The molecule has 0 unspecified atom stereocenters. The number of ether oxygens (including phenoxy) is 1. The Hall–Kier alpha value is -1.39. The van der Waals surface area contributed by atoms with Crippen molar-refractivity contribution in [3.05, 3.63) is 29.8 Å². The van der Waals surface area contributed by atoms with Gasteiger partial charge in [0.25, 0.3) is 0 Å². The van der Waals surface area contributed by atoms with Gasteiger partial charge in [0, 0.05) is 38.4 Å². The quantitative estimate of drug-likeness (QED) is 0.800. The fourth-order valence-corrected chi connectivity index (χ4v) is 3.82. The molecule has 0 radical (unpaired) electrons. The number of morpholine rings is 1. The van der Waals surface area contributed by atoms with E-state index in [0.717, 1.165) is 63.2 Å². The zero-order valence-electron chi connectivity index (χ0n) is 13.7. The van der Waals surface area contributed by atoms with E-state index in [2.05, 4.69) is 9.80 Å². The summed E-state index contributed by atoms with van der Waals surface area (Å²) in [7, 11) is 4.03. The van der Waals surface area contributed by atoms with Crippen LogP contribution in [-0.2, 0) is 4.74 Å². The summed E-state index contributed by atoms with van der Waals surface area (Å²) < 4.78 is 5.47. The first-order valence-corrected chi connectivity index (χ1v) is 8.28. The van der Waals surface area contributed by atoms with Crippen molar-refractivity contribution in [1.82, 2.24) is 4.90 Å². The van der Waals surface area contributed by atoms with Crippen molar-refractivity contribution < 1.29 is 9.53 Å². The molecule has 22 heavy (non-hydrogen) atoms. The molecular formula is C18H26N2O2. The topological polar surface area (TPSA) is 32.8 Å². The summed E-state index contributed by atoms with van der Waals surface area (Å²) >= 11 is 0. The maximum absolute atomic E-state index is 13.3. The van der Waals surface area contributed by atoms with Gasteiger partial charge in [-0.25, -0.2) is 0 Å². The molecule has 4 nitrogen and oxygen atoms in total. The zero-order chi connectivity index (χ0) is 15.6. The molecule has 0 bridgehead atoms. The highest BCUT2D eigenvalue weighted by atomic mass is 16.5. The first-order valence-electron chi connectivity index (χ1n) is 8.28. The number of nitrogens with zero attached hydrogens (tertiary/aromatic N) is 2. The lowest BCUT2D eigenvalue weighted by Gasteiger charge is -2.42. The highest BCUT2D eigenvalue weighted by molar-refractivity contribution is 6.03. The molecule has 2 fully saturated rings. The van der Waals surface area contributed by atoms with Gasteiger partial charge in [-0.15, -0.1) is 0 Å². The zero-order valence-corrected chi connectivity index (χ0v) is 13.7. The molecule has 0 spiro atoms. The Balaban J connectivity index is 1.86. The Morgan fingerprint density at radius 2 is 1.68 bits per heavy atom. The fourth-order valence-electron chi connectivity index (χ4n) is 3.82. The predicted octanol–water partition coefficient (Wildman–Crippen LogP) is 2.58. The van der Waals surface area contributed by atoms with Gasteiger partial charge >= 0.3 is 0 Å². The van der Waals surface area contributed by atoms with E-state index >= 15 is 0 Å². The van der Waals surface area contributed by atoms with Gasteiger partial charge in [0.2, 0.25) is 0 Å². The maximum Gasteiger partial charge on any atom is 0.183 e. The Morgan fingerprint density at radius 1 is 1.09 bits per heavy atom. The highest BCUT2D eigenvalue weighted by Gasteiger charge is 2.46. The standard InChI is InChI=1S/C18H26N2O2/c1-19(2)16-7-5-15(6-8-16)17(21)18(9-3-4-10-18)20-11-13-22-14-12-20/h5-8H,3-4,9-14H2,1-2H3. The summed E-state index contributed by atoms with van der Waals surface area (Å²) in [6, 6.07) is 8.04. The molecule has 4 heteroatoms. The van der Waals surface area contributed by atoms with E-state index in [9.17, 15) is 4.79 Å². The summed E-state index contributed by atoms with van der Waals surface area (Å²) in [5.41, 5.74) is 1.69. The molecule has 3 rings (SSSR count). The third-order valence-electron chi connectivity index (χ3n) is 5.12. The monoisotopic (exact) mass is 302 g/mol. The van der Waals surface area contributed by atoms with Crippen molar-refractivity contribution in [3.8, 4) is 0 Å². The van der Waals surface area contributed by atoms with Crippen LogP contribution in [0.2, 0.25) is 0 Å². The molecule has 120 valence electrons. The summed E-state index contributed by atoms with van der Waals surface area (Å²) in [4.78, 5) is 17.7. The third kappa shape index (κ3) is 2.77. The lowest BCUT2D eigenvalue weighted by molar-refractivity contribution is -0.0130. The van der Waals surface area contributed by atoms with Gasteiger partial charge in [0.05, 0.1) is 18.8 Å². The molecule has 1 aromatic carbocycles. The summed E-state index contributed by atoms with van der Waals surface area (Å²) in [6.45, 7) is 3.24. The molecule has 1 saturated carbocycles. The minimum absolute atomic E-state index is 0.288. The second-order valence-corrected chi connectivity index (χ2v) is 6.61. The van der Waals surface area contributed by atoms with E-state index in [1.165, 1.54) is 0 Å². The van der Waals surface area contributed by atoms with Crippen LogP contribution in [-0.4, -0.2) is 56.6 Å². The lowest BCUT2D eigenvalue weighted by Crippen LogP contribution is -2.56. The molecule has 2 aliphatic rings. The first kappa shape index (κ1) is 15.5. The average Bonchev–Trinajstić information content (AvgIpc) is 3.06. The molecule has 1 aliphatic heterocycles. The van der Waals surface area contributed by atoms with E-state index < -0.39 is 0 Å². The fraction of sp³-hybridized carbons (Fsp3) is 0.611. The Bertz CT molecular complexity index is 512. The number of hydrogen-bond donors (Lipinski definition) is 0. The molecule has 0 aromatic heterocycles. The van der Waals surface area contributed by atoms with Crippen LogP contribution in [0.15, 0.2) is 24.3 Å². The van der Waals surface area contributed by atoms with Gasteiger partial charge in [0.15, 0.2) is 5.78 Å². The Kier molecular flexibility index (Phi) is 4.50. The number of anilines is 1. The molecule has 0 amide bonds. The van der Waals surface area contributed by atoms with Crippen molar-refractivity contribution in [2.75, 3.05) is 45.3 Å². The van der Waals surface area contributed by atoms with Crippen molar-refractivity contribution in [2.45, 2.75) is 31.2 Å². The van der Waals surface area contributed by atoms with E-state index in [1.54, 1.807) is 0 Å². The predicted molar refractivity (Wildman–Crippen MR) is 88.7 cm³/mol. The number of ketones is 1. The number of carbonyl (C=O) groups is 1. The maximum atomic E-state index is 13.3. The van der Waals surface area contributed by atoms with E-state index in [0.29, 0.717) is 5.78 Å². The second kappa shape index (κ2) is 6.39. The van der Waals surface area contributed by atoms with Crippen LogP contribution in [0.1, 0.15) is 36.0 Å². The smallest absolute Gasteiger partial charge is 0.183 e. The molecule has 0 atom stereocenters. The van der Waals surface area contributed by atoms with Gasteiger partial charge in [-0.2, -0.15) is 0 Å². The molecule has 1 aromatic rings. The highest BCUT2D eigenvalue weighted by Crippen LogP contribution is 2.38. The summed E-state index contributed by atoms with van der Waals surface area (Å²) in [5.74, 6) is 0.303.